The summed E-state index contributed by atoms with van der Waals surface area (Å²) in [5, 5.41) is 9.90. The van der Waals surface area contributed by atoms with Crippen LogP contribution in [0.2, 0.25) is 0 Å². The van der Waals surface area contributed by atoms with Crippen LogP contribution in [-0.4, -0.2) is 60.1 Å². The van der Waals surface area contributed by atoms with Crippen LogP contribution in [-0.2, 0) is 4.79 Å². The normalized spacial score (nSPS) is 23.5. The van der Waals surface area contributed by atoms with Crippen molar-refractivity contribution in [1.29, 1.82) is 0 Å². The van der Waals surface area contributed by atoms with Gasteiger partial charge in [0.25, 0.3) is 0 Å². The second kappa shape index (κ2) is 5.99. The molecule has 19 heavy (non-hydrogen) atoms. The lowest BCUT2D eigenvalue weighted by Crippen LogP contribution is -2.38. The molecule has 0 saturated carbocycles. The molecule has 1 fully saturated rings. The van der Waals surface area contributed by atoms with Crippen LogP contribution in [0, 0.1) is 0 Å². The van der Waals surface area contributed by atoms with Crippen molar-refractivity contribution < 1.29 is 9.90 Å². The van der Waals surface area contributed by atoms with E-state index in [1.807, 2.05) is 49.3 Å². The van der Waals surface area contributed by atoms with Gasteiger partial charge in [0.05, 0.1) is 12.1 Å². The summed E-state index contributed by atoms with van der Waals surface area (Å²) in [6.45, 7) is 0.979. The molecule has 1 saturated heterocycles. The summed E-state index contributed by atoms with van der Waals surface area (Å²) >= 11 is 0. The molecule has 102 valence electrons. The summed E-state index contributed by atoms with van der Waals surface area (Å²) < 4.78 is 0. The van der Waals surface area contributed by atoms with Gasteiger partial charge in [0.15, 0.2) is 0 Å². The van der Waals surface area contributed by atoms with Gasteiger partial charge in [0.2, 0.25) is 5.91 Å². The van der Waals surface area contributed by atoms with Crippen molar-refractivity contribution in [2.24, 2.45) is 0 Å². The monoisotopic (exact) mass is 260 g/mol. The standard InChI is InChI=1S/C15H20N2O2/c1-16(2)13-10-17(11-14(13)18)15(19)9-8-12-6-4-3-5-7-12/h3-9,13-14,18H,10-11H2,1-2H3/t13-,14-/m0/s1. The zero-order valence-electron chi connectivity index (χ0n) is 11.4. The first-order chi connectivity index (χ1) is 9.08. The lowest BCUT2D eigenvalue weighted by Gasteiger charge is -2.21. The Kier molecular flexibility index (Phi) is 4.35. The fraction of sp³-hybridized carbons (Fsp3) is 0.400. The van der Waals surface area contributed by atoms with Crippen LogP contribution in [0.25, 0.3) is 6.08 Å². The number of amides is 1. The van der Waals surface area contributed by atoms with Crippen molar-refractivity contribution in [2.75, 3.05) is 27.2 Å². The summed E-state index contributed by atoms with van der Waals surface area (Å²) in [5.74, 6) is -0.0488. The minimum absolute atomic E-state index is 0.0223. The van der Waals surface area contributed by atoms with Crippen LogP contribution in [0.15, 0.2) is 36.4 Å². The molecule has 1 aromatic rings. The fourth-order valence-electron chi connectivity index (χ4n) is 2.29. The SMILES string of the molecule is CN(C)[C@H]1CN(C(=O)C=Cc2ccccc2)C[C@@H]1O. The highest BCUT2D eigenvalue weighted by atomic mass is 16.3. The number of carbonyl (C=O) groups excluding carboxylic acids is 1. The maximum atomic E-state index is 12.0. The Hall–Kier alpha value is -1.65. The molecule has 1 aromatic carbocycles. The molecule has 0 aliphatic carbocycles. The predicted octanol–water partition coefficient (Wildman–Crippen LogP) is 0.833. The Morgan fingerprint density at radius 2 is 2.00 bits per heavy atom. The minimum Gasteiger partial charge on any atom is -0.390 e. The van der Waals surface area contributed by atoms with E-state index in [1.54, 1.807) is 17.1 Å². The Bertz CT molecular complexity index is 456. The fourth-order valence-corrected chi connectivity index (χ4v) is 2.29. The van der Waals surface area contributed by atoms with Gasteiger partial charge in [-0.2, -0.15) is 0 Å². The molecule has 1 aliphatic rings. The second-order valence-electron chi connectivity index (χ2n) is 5.09. The highest BCUT2D eigenvalue weighted by Crippen LogP contribution is 2.15. The zero-order valence-corrected chi connectivity index (χ0v) is 11.4. The number of aliphatic hydroxyl groups is 1. The Morgan fingerprint density at radius 3 is 2.58 bits per heavy atom. The highest BCUT2D eigenvalue weighted by molar-refractivity contribution is 5.92. The highest BCUT2D eigenvalue weighted by Gasteiger charge is 2.34. The molecular weight excluding hydrogens is 240 g/mol. The van der Waals surface area contributed by atoms with E-state index in [2.05, 4.69) is 0 Å². The number of β-amino-alcohol motifs (C(OH)–C–C–N with tert-alkyl or cyclic N) is 1. The smallest absolute Gasteiger partial charge is 0.246 e. The van der Waals surface area contributed by atoms with Crippen LogP contribution in [0.1, 0.15) is 5.56 Å². The average molecular weight is 260 g/mol. The number of likely N-dealkylation sites (N-methyl/N-ethyl adjacent to an activating group) is 1. The lowest BCUT2D eigenvalue weighted by atomic mass is 10.2. The van der Waals surface area contributed by atoms with E-state index in [0.717, 1.165) is 5.56 Å². The first kappa shape index (κ1) is 13.8. The predicted molar refractivity (Wildman–Crippen MR) is 75.5 cm³/mol. The van der Waals surface area contributed by atoms with Gasteiger partial charge in [-0.3, -0.25) is 4.79 Å². The first-order valence-corrected chi connectivity index (χ1v) is 6.44. The van der Waals surface area contributed by atoms with E-state index in [1.165, 1.54) is 0 Å². The zero-order chi connectivity index (χ0) is 13.8. The number of carbonyl (C=O) groups is 1. The molecule has 1 aliphatic heterocycles. The van der Waals surface area contributed by atoms with Crippen molar-refractivity contribution in [3.05, 3.63) is 42.0 Å². The van der Waals surface area contributed by atoms with Crippen LogP contribution >= 0.6 is 0 Å². The van der Waals surface area contributed by atoms with Crippen molar-refractivity contribution >= 4 is 12.0 Å². The lowest BCUT2D eigenvalue weighted by molar-refractivity contribution is -0.125. The van der Waals surface area contributed by atoms with E-state index in [4.69, 9.17) is 0 Å². The summed E-state index contributed by atoms with van der Waals surface area (Å²) in [5.41, 5.74) is 1.000. The average Bonchev–Trinajstić information content (AvgIpc) is 2.79. The molecule has 0 bridgehead atoms. The van der Waals surface area contributed by atoms with Crippen LogP contribution in [0.4, 0.5) is 0 Å². The Morgan fingerprint density at radius 1 is 1.32 bits per heavy atom. The summed E-state index contributed by atoms with van der Waals surface area (Å²) in [4.78, 5) is 15.7. The molecule has 4 nitrogen and oxygen atoms in total. The van der Waals surface area contributed by atoms with Gasteiger partial charge in [-0.05, 0) is 25.7 Å². The molecule has 4 heteroatoms. The van der Waals surface area contributed by atoms with Gasteiger partial charge in [0, 0.05) is 19.2 Å². The van der Waals surface area contributed by atoms with E-state index in [9.17, 15) is 9.90 Å². The van der Waals surface area contributed by atoms with E-state index in [0.29, 0.717) is 13.1 Å². The van der Waals surface area contributed by atoms with Crippen molar-refractivity contribution in [3.8, 4) is 0 Å². The second-order valence-corrected chi connectivity index (χ2v) is 5.09. The Labute approximate surface area is 113 Å². The number of aliphatic hydroxyl groups excluding tert-OH is 1. The van der Waals surface area contributed by atoms with E-state index >= 15 is 0 Å². The van der Waals surface area contributed by atoms with Gasteiger partial charge >= 0.3 is 0 Å². The Balaban J connectivity index is 1.97. The van der Waals surface area contributed by atoms with E-state index in [-0.39, 0.29) is 11.9 Å². The quantitative estimate of drug-likeness (QED) is 0.819. The van der Waals surface area contributed by atoms with Crippen molar-refractivity contribution in [2.45, 2.75) is 12.1 Å². The molecule has 2 rings (SSSR count). The maximum Gasteiger partial charge on any atom is 0.246 e. The minimum atomic E-state index is -0.468. The van der Waals surface area contributed by atoms with Crippen LogP contribution < -0.4 is 0 Å². The molecule has 0 aromatic heterocycles. The summed E-state index contributed by atoms with van der Waals surface area (Å²) in [6, 6.07) is 9.74. The number of nitrogens with zero attached hydrogens (tertiary/aromatic N) is 2. The molecule has 0 spiro atoms. The van der Waals surface area contributed by atoms with Crippen molar-refractivity contribution in [3.63, 3.8) is 0 Å². The van der Waals surface area contributed by atoms with Gasteiger partial charge in [-0.1, -0.05) is 30.3 Å². The van der Waals surface area contributed by atoms with Crippen LogP contribution in [0.3, 0.4) is 0 Å². The molecule has 0 radical (unpaired) electrons. The molecule has 1 amide bonds. The molecule has 2 atom stereocenters. The summed E-state index contributed by atoms with van der Waals surface area (Å²) in [6.07, 6.45) is 2.90. The largest absolute Gasteiger partial charge is 0.390 e. The molecule has 1 heterocycles. The van der Waals surface area contributed by atoms with Gasteiger partial charge in [-0.15, -0.1) is 0 Å². The third-order valence-electron chi connectivity index (χ3n) is 3.45. The topological polar surface area (TPSA) is 43.8 Å². The number of benzene rings is 1. The first-order valence-electron chi connectivity index (χ1n) is 6.44. The van der Waals surface area contributed by atoms with Gasteiger partial charge in [0.1, 0.15) is 0 Å². The number of likely N-dealkylation sites (tertiary alicyclic amines) is 1. The number of hydrogen-bond donors (Lipinski definition) is 1. The molecular formula is C15H20N2O2. The maximum absolute atomic E-state index is 12.0. The molecule has 0 unspecified atom stereocenters. The third-order valence-corrected chi connectivity index (χ3v) is 3.45. The van der Waals surface area contributed by atoms with Gasteiger partial charge in [-0.25, -0.2) is 0 Å². The van der Waals surface area contributed by atoms with Gasteiger partial charge < -0.3 is 14.9 Å². The third kappa shape index (κ3) is 3.43. The summed E-state index contributed by atoms with van der Waals surface area (Å²) in [7, 11) is 3.84. The number of rotatable bonds is 3. The van der Waals surface area contributed by atoms with E-state index < -0.39 is 6.10 Å². The molecule has 1 N–H and O–H groups in total. The van der Waals surface area contributed by atoms with Crippen LogP contribution in [0.5, 0.6) is 0 Å². The number of hydrogen-bond acceptors (Lipinski definition) is 3. The van der Waals surface area contributed by atoms with Crippen molar-refractivity contribution in [1.82, 2.24) is 9.80 Å².